The van der Waals surface area contributed by atoms with Crippen molar-refractivity contribution in [3.63, 3.8) is 0 Å². The lowest BCUT2D eigenvalue weighted by Crippen LogP contribution is -1.83. The van der Waals surface area contributed by atoms with E-state index in [0.29, 0.717) is 0 Å². The number of rotatable bonds is 16. The predicted octanol–water partition coefficient (Wildman–Crippen LogP) is 6.61. The third kappa shape index (κ3) is 20.0. The smallest absolute Gasteiger partial charge is 0.119 e. The topological polar surface area (TPSA) is 52.1 Å². The van der Waals surface area contributed by atoms with Crippen molar-refractivity contribution in [2.45, 2.75) is 110 Å². The van der Waals surface area contributed by atoms with Gasteiger partial charge in [-0.15, -0.1) is 0 Å². The maximum atomic E-state index is 10.1. The highest BCUT2D eigenvalue weighted by molar-refractivity contribution is 5.48. The molecule has 0 aromatic heterocycles. The number of hydrogen-bond donors (Lipinski definition) is 1. The highest BCUT2D eigenvalue weighted by Gasteiger charge is 1.94. The van der Waals surface area contributed by atoms with Crippen LogP contribution in [0.4, 0.5) is 0 Å². The van der Waals surface area contributed by atoms with Crippen molar-refractivity contribution in [2.75, 3.05) is 0 Å². The molecule has 122 valence electrons. The van der Waals surface area contributed by atoms with E-state index in [1.54, 1.807) is 0 Å². The first-order chi connectivity index (χ1) is 9.41. The molecular formula is C18H39NO. The summed E-state index contributed by atoms with van der Waals surface area (Å²) in [6, 6.07) is 0. The fourth-order valence-corrected chi connectivity index (χ4v) is 2.60. The Labute approximate surface area is 127 Å². The Morgan fingerprint density at radius 3 is 1.15 bits per heavy atom. The molecule has 0 saturated heterocycles. The first-order valence-electron chi connectivity index (χ1n) is 8.85. The van der Waals surface area contributed by atoms with Gasteiger partial charge in [0.05, 0.1) is 0 Å². The molecule has 0 amide bonds. The standard InChI is InChI=1S/C18H36O.H3N/c1-2-3-4-5-6-7-8-9-10-11-12-13-14-15-16-17-18-19;/h18H,2-17H2,1H3;1H3. The molecule has 0 aliphatic carbocycles. The summed E-state index contributed by atoms with van der Waals surface area (Å²) in [6.07, 6.45) is 22.6. The van der Waals surface area contributed by atoms with E-state index in [-0.39, 0.29) is 6.15 Å². The molecule has 0 atom stereocenters. The summed E-state index contributed by atoms with van der Waals surface area (Å²) in [5, 5.41) is 0. The summed E-state index contributed by atoms with van der Waals surface area (Å²) in [4.78, 5) is 10.1. The molecule has 0 unspecified atom stereocenters. The lowest BCUT2D eigenvalue weighted by Gasteiger charge is -2.02. The molecule has 0 saturated carbocycles. The fraction of sp³-hybridized carbons (Fsp3) is 0.944. The van der Waals surface area contributed by atoms with Crippen molar-refractivity contribution in [3.05, 3.63) is 0 Å². The number of carbonyl (C=O) groups excluding carboxylic acids is 1. The average Bonchev–Trinajstić information content (AvgIpc) is 2.43. The molecule has 2 nitrogen and oxygen atoms in total. The summed E-state index contributed by atoms with van der Waals surface area (Å²) >= 11 is 0. The van der Waals surface area contributed by atoms with E-state index in [9.17, 15) is 4.79 Å². The van der Waals surface area contributed by atoms with Crippen molar-refractivity contribution in [2.24, 2.45) is 0 Å². The zero-order chi connectivity index (χ0) is 14.0. The second-order valence-corrected chi connectivity index (χ2v) is 5.91. The molecule has 0 aliphatic rings. The van der Waals surface area contributed by atoms with Gasteiger partial charge in [-0.25, -0.2) is 0 Å². The van der Waals surface area contributed by atoms with Crippen LogP contribution >= 0.6 is 0 Å². The Morgan fingerprint density at radius 2 is 0.850 bits per heavy atom. The maximum Gasteiger partial charge on any atom is 0.119 e. The van der Waals surface area contributed by atoms with Crippen molar-refractivity contribution in [3.8, 4) is 0 Å². The van der Waals surface area contributed by atoms with Crippen LogP contribution in [0.25, 0.3) is 0 Å². The van der Waals surface area contributed by atoms with Crippen molar-refractivity contribution in [1.29, 1.82) is 0 Å². The molecule has 0 aliphatic heterocycles. The van der Waals surface area contributed by atoms with Gasteiger partial charge in [0.2, 0.25) is 0 Å². The molecule has 3 N–H and O–H groups in total. The summed E-state index contributed by atoms with van der Waals surface area (Å²) < 4.78 is 0. The molecule has 2 heteroatoms. The molecule has 0 aromatic rings. The molecule has 0 bridgehead atoms. The van der Waals surface area contributed by atoms with Gasteiger partial charge in [0.25, 0.3) is 0 Å². The van der Waals surface area contributed by atoms with Gasteiger partial charge in [-0.2, -0.15) is 0 Å². The lowest BCUT2D eigenvalue weighted by atomic mass is 10.0. The van der Waals surface area contributed by atoms with E-state index < -0.39 is 0 Å². The molecule has 0 aromatic carbocycles. The molecule has 0 heterocycles. The van der Waals surface area contributed by atoms with Gasteiger partial charge in [-0.3, -0.25) is 0 Å². The van der Waals surface area contributed by atoms with Crippen LogP contribution in [0.5, 0.6) is 0 Å². The van der Waals surface area contributed by atoms with E-state index in [2.05, 4.69) is 6.92 Å². The second kappa shape index (κ2) is 20.9. The number of aldehydes is 1. The van der Waals surface area contributed by atoms with Crippen LogP contribution in [0.15, 0.2) is 0 Å². The summed E-state index contributed by atoms with van der Waals surface area (Å²) in [6.45, 7) is 2.28. The summed E-state index contributed by atoms with van der Waals surface area (Å²) in [5.74, 6) is 0. The number of carbonyl (C=O) groups is 1. The fourth-order valence-electron chi connectivity index (χ4n) is 2.60. The van der Waals surface area contributed by atoms with Gasteiger partial charge in [-0.1, -0.05) is 96.8 Å². The molecule has 0 radical (unpaired) electrons. The third-order valence-electron chi connectivity index (χ3n) is 3.93. The largest absolute Gasteiger partial charge is 0.344 e. The zero-order valence-electron chi connectivity index (χ0n) is 14.0. The minimum Gasteiger partial charge on any atom is -0.344 e. The van der Waals surface area contributed by atoms with E-state index in [4.69, 9.17) is 0 Å². The Balaban J connectivity index is 0. The minimum atomic E-state index is 0. The van der Waals surface area contributed by atoms with Crippen LogP contribution in [-0.2, 0) is 4.79 Å². The van der Waals surface area contributed by atoms with Crippen LogP contribution in [0.1, 0.15) is 110 Å². The molecule has 0 spiro atoms. The average molecular weight is 286 g/mol. The highest BCUT2D eigenvalue weighted by atomic mass is 16.1. The first kappa shape index (κ1) is 21.9. The SMILES string of the molecule is CCCCCCCCCCCCCCCCCC=O.N. The quantitative estimate of drug-likeness (QED) is 0.256. The normalized spacial score (nSPS) is 10.2. The van der Waals surface area contributed by atoms with E-state index in [0.717, 1.165) is 19.1 Å². The maximum absolute atomic E-state index is 10.1. The first-order valence-corrected chi connectivity index (χ1v) is 8.85. The number of hydrogen-bond acceptors (Lipinski definition) is 2. The van der Waals surface area contributed by atoms with Crippen molar-refractivity contribution >= 4 is 6.29 Å². The van der Waals surface area contributed by atoms with E-state index in [1.165, 1.54) is 89.9 Å². The highest BCUT2D eigenvalue weighted by Crippen LogP contribution is 2.13. The van der Waals surface area contributed by atoms with E-state index >= 15 is 0 Å². The van der Waals surface area contributed by atoms with Gasteiger partial charge in [0.1, 0.15) is 6.29 Å². The summed E-state index contributed by atoms with van der Waals surface area (Å²) in [7, 11) is 0. The Kier molecular flexibility index (Phi) is 22.9. The number of unbranched alkanes of at least 4 members (excludes halogenated alkanes) is 15. The van der Waals surface area contributed by atoms with Gasteiger partial charge in [0.15, 0.2) is 0 Å². The van der Waals surface area contributed by atoms with Crippen LogP contribution in [-0.4, -0.2) is 6.29 Å². The van der Waals surface area contributed by atoms with Crippen molar-refractivity contribution in [1.82, 2.24) is 6.15 Å². The molecule has 0 rings (SSSR count). The predicted molar refractivity (Wildman–Crippen MR) is 90.6 cm³/mol. The van der Waals surface area contributed by atoms with Crippen LogP contribution in [0.2, 0.25) is 0 Å². The van der Waals surface area contributed by atoms with Gasteiger partial charge < -0.3 is 10.9 Å². The van der Waals surface area contributed by atoms with Gasteiger partial charge >= 0.3 is 0 Å². The monoisotopic (exact) mass is 285 g/mol. The zero-order valence-corrected chi connectivity index (χ0v) is 14.0. The molecule has 20 heavy (non-hydrogen) atoms. The second-order valence-electron chi connectivity index (χ2n) is 5.91. The Bertz CT molecular complexity index is 171. The summed E-state index contributed by atoms with van der Waals surface area (Å²) in [5.41, 5.74) is 0. The van der Waals surface area contributed by atoms with Gasteiger partial charge in [0, 0.05) is 6.42 Å². The molecule has 0 fully saturated rings. The third-order valence-corrected chi connectivity index (χ3v) is 3.93. The van der Waals surface area contributed by atoms with E-state index in [1.807, 2.05) is 0 Å². The van der Waals surface area contributed by atoms with Crippen LogP contribution in [0.3, 0.4) is 0 Å². The molecular weight excluding hydrogens is 246 g/mol. The van der Waals surface area contributed by atoms with Gasteiger partial charge in [-0.05, 0) is 6.42 Å². The van der Waals surface area contributed by atoms with Crippen LogP contribution < -0.4 is 6.15 Å². The Hall–Kier alpha value is -0.370. The minimum absolute atomic E-state index is 0. The lowest BCUT2D eigenvalue weighted by molar-refractivity contribution is -0.107. The van der Waals surface area contributed by atoms with Crippen LogP contribution in [0, 0.1) is 0 Å². The Morgan fingerprint density at radius 1 is 0.550 bits per heavy atom. The van der Waals surface area contributed by atoms with Crippen molar-refractivity contribution < 1.29 is 4.79 Å².